The van der Waals surface area contributed by atoms with Gasteiger partial charge in [0.15, 0.2) is 17.6 Å². The molecular formula is C32H35ClN2O9. The molecule has 6 atom stereocenters. The van der Waals surface area contributed by atoms with Crippen molar-refractivity contribution in [3.63, 3.8) is 0 Å². The Morgan fingerprint density at radius 1 is 0.955 bits per heavy atom. The lowest BCUT2D eigenvalue weighted by Gasteiger charge is -2.45. The Balaban J connectivity index is 1.29. The molecule has 0 bridgehead atoms. The van der Waals surface area contributed by atoms with Gasteiger partial charge in [-0.1, -0.05) is 54.1 Å². The van der Waals surface area contributed by atoms with E-state index in [-0.39, 0.29) is 35.0 Å². The van der Waals surface area contributed by atoms with Crippen LogP contribution < -0.4 is 4.74 Å². The number of hydrogen-bond acceptors (Lipinski definition) is 11. The number of aliphatic hydroxyl groups is 3. The fourth-order valence-electron chi connectivity index (χ4n) is 6.56. The zero-order valence-electron chi connectivity index (χ0n) is 24.0. The van der Waals surface area contributed by atoms with Gasteiger partial charge in [0.25, 0.3) is 0 Å². The topological polar surface area (TPSA) is 152 Å². The third kappa shape index (κ3) is 5.39. The van der Waals surface area contributed by atoms with E-state index in [4.69, 9.17) is 25.8 Å². The summed E-state index contributed by atoms with van der Waals surface area (Å²) in [5, 5.41) is 53.7. The molecule has 0 aliphatic carbocycles. The van der Waals surface area contributed by atoms with Crippen molar-refractivity contribution >= 4 is 17.6 Å². The van der Waals surface area contributed by atoms with Crippen molar-refractivity contribution in [1.82, 2.24) is 9.80 Å². The minimum absolute atomic E-state index is 0.00200. The fourth-order valence-corrected chi connectivity index (χ4v) is 6.69. The SMILES string of the molecule is COc1c(O)c(CN2CCN([C@H](c3ccccc3)c3ccc(Cl)cc3)CC2)c2c(c1O)[C@@H]1O[C@H](CO)[C@@H](O)[C@H](O)[C@H]1OC2=O. The molecule has 0 amide bonds. The quantitative estimate of drug-likeness (QED) is 0.246. The highest BCUT2D eigenvalue weighted by atomic mass is 35.5. The summed E-state index contributed by atoms with van der Waals surface area (Å²) in [5.74, 6) is -2.07. The van der Waals surface area contributed by atoms with Crippen LogP contribution in [0.15, 0.2) is 54.6 Å². The van der Waals surface area contributed by atoms with Gasteiger partial charge in [-0.15, -0.1) is 0 Å². The van der Waals surface area contributed by atoms with E-state index in [1.165, 1.54) is 7.11 Å². The lowest BCUT2D eigenvalue weighted by Crippen LogP contribution is -2.58. The van der Waals surface area contributed by atoms with Crippen molar-refractivity contribution in [3.8, 4) is 17.2 Å². The van der Waals surface area contributed by atoms with Crippen molar-refractivity contribution in [2.24, 2.45) is 0 Å². The zero-order chi connectivity index (χ0) is 31.1. The number of piperazine rings is 1. The van der Waals surface area contributed by atoms with Crippen LogP contribution >= 0.6 is 11.6 Å². The van der Waals surface area contributed by atoms with Crippen LogP contribution in [0.2, 0.25) is 5.02 Å². The van der Waals surface area contributed by atoms with E-state index in [0.29, 0.717) is 31.2 Å². The Kier molecular flexibility index (Phi) is 8.71. The van der Waals surface area contributed by atoms with Crippen LogP contribution in [0.4, 0.5) is 0 Å². The number of hydrogen-bond donors (Lipinski definition) is 5. The highest BCUT2D eigenvalue weighted by Gasteiger charge is 2.53. The first-order valence-electron chi connectivity index (χ1n) is 14.5. The summed E-state index contributed by atoms with van der Waals surface area (Å²) in [6, 6.07) is 18.0. The summed E-state index contributed by atoms with van der Waals surface area (Å²) < 4.78 is 16.7. The van der Waals surface area contributed by atoms with Crippen LogP contribution in [0.25, 0.3) is 0 Å². The first kappa shape index (κ1) is 30.6. The van der Waals surface area contributed by atoms with E-state index in [1.807, 2.05) is 42.5 Å². The number of methoxy groups -OCH3 is 1. The molecule has 0 unspecified atom stereocenters. The summed E-state index contributed by atoms with van der Waals surface area (Å²) in [6.07, 6.45) is -6.83. The van der Waals surface area contributed by atoms with Gasteiger partial charge < -0.3 is 39.7 Å². The number of nitrogens with zero attached hydrogens (tertiary/aromatic N) is 2. The van der Waals surface area contributed by atoms with Crippen LogP contribution in [-0.2, 0) is 16.0 Å². The van der Waals surface area contributed by atoms with E-state index >= 15 is 0 Å². The molecular weight excluding hydrogens is 592 g/mol. The van der Waals surface area contributed by atoms with Crippen LogP contribution in [-0.4, -0.2) is 106 Å². The third-order valence-electron chi connectivity index (χ3n) is 8.80. The highest BCUT2D eigenvalue weighted by Crippen LogP contribution is 2.52. The second-order valence-corrected chi connectivity index (χ2v) is 11.7. The Hall–Kier alpha value is -3.42. The molecule has 0 radical (unpaired) electrons. The monoisotopic (exact) mass is 626 g/mol. The van der Waals surface area contributed by atoms with Crippen molar-refractivity contribution in [1.29, 1.82) is 0 Å². The number of benzene rings is 3. The Morgan fingerprint density at radius 3 is 2.25 bits per heavy atom. The van der Waals surface area contributed by atoms with Gasteiger partial charge in [0.2, 0.25) is 5.75 Å². The van der Waals surface area contributed by atoms with E-state index in [2.05, 4.69) is 21.9 Å². The molecule has 0 aromatic heterocycles. The molecule has 12 heteroatoms. The number of phenols is 2. The number of phenolic OH excluding ortho intramolecular Hbond substituents is 2. The maximum atomic E-state index is 13.4. The molecule has 0 spiro atoms. The molecule has 6 rings (SSSR count). The first-order valence-corrected chi connectivity index (χ1v) is 14.9. The predicted molar refractivity (Wildman–Crippen MR) is 159 cm³/mol. The lowest BCUT2D eigenvalue weighted by atomic mass is 9.84. The normalized spacial score (nSPS) is 26.4. The van der Waals surface area contributed by atoms with Crippen molar-refractivity contribution in [2.45, 2.75) is 43.1 Å². The third-order valence-corrected chi connectivity index (χ3v) is 9.05. The molecule has 5 N–H and O–H groups in total. The molecule has 0 saturated carbocycles. The highest BCUT2D eigenvalue weighted by molar-refractivity contribution is 6.30. The van der Waals surface area contributed by atoms with Gasteiger partial charge in [-0.05, 0) is 23.3 Å². The van der Waals surface area contributed by atoms with Crippen molar-refractivity contribution in [2.75, 3.05) is 39.9 Å². The number of aliphatic hydroxyl groups excluding tert-OH is 3. The number of halogens is 1. The van der Waals surface area contributed by atoms with Gasteiger partial charge in [0.05, 0.1) is 25.3 Å². The Morgan fingerprint density at radius 2 is 1.61 bits per heavy atom. The molecule has 11 nitrogen and oxygen atoms in total. The number of aromatic hydroxyl groups is 2. The van der Waals surface area contributed by atoms with Crippen LogP contribution in [0.3, 0.4) is 0 Å². The maximum absolute atomic E-state index is 13.4. The fraction of sp³-hybridized carbons (Fsp3) is 0.406. The summed E-state index contributed by atoms with van der Waals surface area (Å²) in [6.45, 7) is 2.09. The van der Waals surface area contributed by atoms with Crippen LogP contribution in [0.5, 0.6) is 17.2 Å². The second-order valence-electron chi connectivity index (χ2n) is 11.3. The average Bonchev–Trinajstić information content (AvgIpc) is 3.03. The second kappa shape index (κ2) is 12.5. The van der Waals surface area contributed by atoms with Gasteiger partial charge >= 0.3 is 5.97 Å². The summed E-state index contributed by atoms with van der Waals surface area (Å²) in [4.78, 5) is 17.8. The number of esters is 1. The molecule has 44 heavy (non-hydrogen) atoms. The predicted octanol–water partition coefficient (Wildman–Crippen LogP) is 2.36. The number of ether oxygens (including phenoxy) is 3. The number of carbonyl (C=O) groups is 1. The maximum Gasteiger partial charge on any atom is 0.339 e. The number of carbonyl (C=O) groups excluding carboxylic acids is 1. The minimum atomic E-state index is -1.57. The molecule has 3 aliphatic heterocycles. The standard InChI is InChI=1S/C32H35ClN2O9/c1-42-30-25(37)20(22-23(27(30)39)29-31(44-32(22)41)28(40)26(38)21(16-36)43-29)15-34-11-13-35(14-12-34)24(17-5-3-2-4-6-17)18-7-9-19(33)10-8-18/h2-10,21,24,26,28-29,31,36-40H,11-16H2,1H3/t21-,24-,26-,28+,29+,31-/m1/s1. The average molecular weight is 627 g/mol. The Labute approximate surface area is 259 Å². The van der Waals surface area contributed by atoms with Gasteiger partial charge in [0, 0.05) is 48.9 Å². The zero-order valence-corrected chi connectivity index (χ0v) is 24.8. The van der Waals surface area contributed by atoms with E-state index in [0.717, 1.165) is 11.1 Å². The smallest absolute Gasteiger partial charge is 0.339 e. The molecule has 3 aromatic rings. The molecule has 2 fully saturated rings. The van der Waals surface area contributed by atoms with Gasteiger partial charge in [-0.25, -0.2) is 4.79 Å². The molecule has 3 heterocycles. The largest absolute Gasteiger partial charge is 0.504 e. The lowest BCUT2D eigenvalue weighted by molar-refractivity contribution is -0.235. The molecule has 3 aromatic carbocycles. The minimum Gasteiger partial charge on any atom is -0.504 e. The van der Waals surface area contributed by atoms with E-state index in [1.54, 1.807) is 0 Å². The number of rotatable bonds is 7. The number of fused-ring (bicyclic) bond motifs is 3. The molecule has 234 valence electrons. The van der Waals surface area contributed by atoms with Gasteiger partial charge in [-0.3, -0.25) is 9.80 Å². The van der Waals surface area contributed by atoms with Crippen molar-refractivity contribution < 1.29 is 44.5 Å². The summed E-state index contributed by atoms with van der Waals surface area (Å²) >= 11 is 6.17. The summed E-state index contributed by atoms with van der Waals surface area (Å²) in [7, 11) is 1.28. The van der Waals surface area contributed by atoms with Crippen molar-refractivity contribution in [3.05, 3.63) is 87.4 Å². The van der Waals surface area contributed by atoms with Crippen LogP contribution in [0, 0.1) is 0 Å². The van der Waals surface area contributed by atoms with Gasteiger partial charge in [0.1, 0.15) is 24.4 Å². The van der Waals surface area contributed by atoms with Crippen LogP contribution in [0.1, 0.15) is 44.8 Å². The summed E-state index contributed by atoms with van der Waals surface area (Å²) in [5.41, 5.74) is 2.34. The van der Waals surface area contributed by atoms with E-state index < -0.39 is 54.6 Å². The Bertz CT molecular complexity index is 1500. The van der Waals surface area contributed by atoms with E-state index in [9.17, 15) is 30.3 Å². The molecule has 3 aliphatic rings. The van der Waals surface area contributed by atoms with Gasteiger partial charge in [-0.2, -0.15) is 0 Å². The first-order chi connectivity index (χ1) is 21.2. The molecule has 2 saturated heterocycles.